The van der Waals surface area contributed by atoms with Crippen LogP contribution in [0, 0.1) is 5.82 Å². The number of carbonyl (C=O) groups is 1. The predicted molar refractivity (Wildman–Crippen MR) is 122 cm³/mol. The molecule has 1 saturated heterocycles. The van der Waals surface area contributed by atoms with Crippen molar-refractivity contribution in [1.29, 1.82) is 0 Å². The van der Waals surface area contributed by atoms with Crippen LogP contribution in [-0.2, 0) is 35.4 Å². The quantitative estimate of drug-likeness (QED) is 0.415. The van der Waals surface area contributed by atoms with E-state index in [9.17, 15) is 27.8 Å². The van der Waals surface area contributed by atoms with Crippen molar-refractivity contribution in [3.8, 4) is 0 Å². The first kappa shape index (κ1) is 26.6. The number of aryl methyl sites for hydroxylation is 1. The van der Waals surface area contributed by atoms with Gasteiger partial charge < -0.3 is 24.4 Å². The maximum atomic E-state index is 13.8. The molecule has 3 rings (SSSR count). The third kappa shape index (κ3) is 5.77. The summed E-state index contributed by atoms with van der Waals surface area (Å²) in [4.78, 5) is 12.8. The van der Waals surface area contributed by atoms with Crippen molar-refractivity contribution >= 4 is 21.7 Å². The van der Waals surface area contributed by atoms with E-state index in [0.717, 1.165) is 12.8 Å². The number of aliphatic hydroxyl groups is 2. The van der Waals surface area contributed by atoms with Gasteiger partial charge in [-0.1, -0.05) is 13.3 Å². The standard InChI is InChI=1S/C23H32FNO8S/c1-3-5-6-15-11-16(24)7-8-18(15)25-34(29,30)21-9-10-23(12-17(21)22(28)31-4-2)32-19(13-26)20(14-27)33-23/h7-8,11-12,19-21,25-27H,3-6,9-10,13-14H2,1-2H3/t19-,20-,21?/m1/s1. The average molecular weight is 502 g/mol. The lowest BCUT2D eigenvalue weighted by Gasteiger charge is -2.33. The minimum absolute atomic E-state index is 0.0305. The van der Waals surface area contributed by atoms with Gasteiger partial charge in [0.05, 0.1) is 31.1 Å². The van der Waals surface area contributed by atoms with Crippen LogP contribution in [-0.4, -0.2) is 67.7 Å². The van der Waals surface area contributed by atoms with Gasteiger partial charge in [0, 0.05) is 6.42 Å². The van der Waals surface area contributed by atoms with Gasteiger partial charge >= 0.3 is 5.97 Å². The largest absolute Gasteiger partial charge is 0.463 e. The lowest BCUT2D eigenvalue weighted by molar-refractivity contribution is -0.154. The predicted octanol–water partition coefficient (Wildman–Crippen LogP) is 2.03. The van der Waals surface area contributed by atoms with E-state index in [1.807, 2.05) is 6.92 Å². The third-order valence-corrected chi connectivity index (χ3v) is 7.70. The fourth-order valence-corrected chi connectivity index (χ4v) is 5.84. The number of rotatable bonds is 10. The summed E-state index contributed by atoms with van der Waals surface area (Å²) in [6.07, 6.45) is 1.76. The maximum Gasteiger partial charge on any atom is 0.335 e. The normalized spacial score (nSPS) is 24.1. The SMILES string of the molecule is CCCCc1cc(F)ccc1NS(=O)(=O)C1CCC2(C=C1C(=O)OCC)O[C@H](CO)[C@@H](CO)O2. The highest BCUT2D eigenvalue weighted by Gasteiger charge is 2.51. The topological polar surface area (TPSA) is 131 Å². The van der Waals surface area contributed by atoms with Crippen molar-refractivity contribution in [2.24, 2.45) is 0 Å². The summed E-state index contributed by atoms with van der Waals surface area (Å²) in [7, 11) is -4.15. The molecule has 34 heavy (non-hydrogen) atoms. The number of hydrogen-bond acceptors (Lipinski definition) is 8. The van der Waals surface area contributed by atoms with E-state index in [1.165, 1.54) is 24.3 Å². The fraction of sp³-hybridized carbons (Fsp3) is 0.609. The lowest BCUT2D eigenvalue weighted by atomic mass is 9.94. The first-order valence-corrected chi connectivity index (χ1v) is 13.0. The summed E-state index contributed by atoms with van der Waals surface area (Å²) in [6, 6.07) is 3.85. The van der Waals surface area contributed by atoms with Crippen LogP contribution in [0.2, 0.25) is 0 Å². The van der Waals surface area contributed by atoms with Crippen molar-refractivity contribution in [3.05, 3.63) is 41.2 Å². The van der Waals surface area contributed by atoms with E-state index < -0.39 is 58.3 Å². The fourth-order valence-electron chi connectivity index (χ4n) is 4.26. The summed E-state index contributed by atoms with van der Waals surface area (Å²) in [5, 5.41) is 17.8. The van der Waals surface area contributed by atoms with Gasteiger partial charge in [-0.2, -0.15) is 0 Å². The zero-order valence-electron chi connectivity index (χ0n) is 19.3. The van der Waals surface area contributed by atoms with Crippen LogP contribution in [0.5, 0.6) is 0 Å². The molecule has 9 nitrogen and oxygen atoms in total. The maximum absolute atomic E-state index is 13.8. The Bertz CT molecular complexity index is 1000. The molecule has 1 aliphatic heterocycles. The number of nitrogens with one attached hydrogen (secondary N) is 1. The molecule has 3 atom stereocenters. The van der Waals surface area contributed by atoms with E-state index in [0.29, 0.717) is 12.0 Å². The second kappa shape index (κ2) is 11.1. The molecule has 0 radical (unpaired) electrons. The third-order valence-electron chi connectivity index (χ3n) is 5.96. The van der Waals surface area contributed by atoms with Crippen molar-refractivity contribution in [3.63, 3.8) is 0 Å². The molecule has 0 amide bonds. The van der Waals surface area contributed by atoms with Gasteiger partial charge in [0.25, 0.3) is 0 Å². The molecule has 1 heterocycles. The molecular formula is C23H32FNO8S. The van der Waals surface area contributed by atoms with Gasteiger partial charge in [-0.05, 0) is 56.0 Å². The first-order valence-electron chi connectivity index (χ1n) is 11.5. The molecule has 0 saturated carbocycles. The zero-order valence-corrected chi connectivity index (χ0v) is 20.1. The number of ether oxygens (including phenoxy) is 3. The average Bonchev–Trinajstić information content (AvgIpc) is 3.16. The number of unbranched alkanes of at least 4 members (excludes halogenated alkanes) is 1. The van der Waals surface area contributed by atoms with E-state index in [4.69, 9.17) is 14.2 Å². The molecule has 3 N–H and O–H groups in total. The number of benzene rings is 1. The van der Waals surface area contributed by atoms with E-state index in [-0.39, 0.29) is 30.7 Å². The first-order chi connectivity index (χ1) is 16.2. The van der Waals surface area contributed by atoms with Gasteiger partial charge in [-0.15, -0.1) is 0 Å². The molecule has 1 spiro atoms. The van der Waals surface area contributed by atoms with Crippen LogP contribution in [0.3, 0.4) is 0 Å². The molecule has 0 aromatic heterocycles. The molecule has 1 aliphatic carbocycles. The number of aliphatic hydroxyl groups excluding tert-OH is 2. The second-order valence-corrected chi connectivity index (χ2v) is 10.3. The smallest absolute Gasteiger partial charge is 0.335 e. The van der Waals surface area contributed by atoms with E-state index in [1.54, 1.807) is 6.92 Å². The number of esters is 1. The highest BCUT2D eigenvalue weighted by molar-refractivity contribution is 7.93. The van der Waals surface area contributed by atoms with E-state index in [2.05, 4.69) is 4.72 Å². The molecule has 1 unspecified atom stereocenters. The second-order valence-electron chi connectivity index (χ2n) is 8.39. The molecule has 1 aromatic carbocycles. The molecule has 1 aromatic rings. The van der Waals surface area contributed by atoms with Gasteiger partial charge in [-0.3, -0.25) is 4.72 Å². The number of hydrogen-bond donors (Lipinski definition) is 3. The Morgan fingerprint density at radius 2 is 1.91 bits per heavy atom. The molecule has 11 heteroatoms. The molecule has 2 aliphatic rings. The van der Waals surface area contributed by atoms with Crippen LogP contribution >= 0.6 is 0 Å². The van der Waals surface area contributed by atoms with Gasteiger partial charge in [0.2, 0.25) is 10.0 Å². The Morgan fingerprint density at radius 1 is 1.24 bits per heavy atom. The van der Waals surface area contributed by atoms with Crippen LogP contribution in [0.4, 0.5) is 10.1 Å². The van der Waals surface area contributed by atoms with Gasteiger partial charge in [0.1, 0.15) is 23.3 Å². The Kier molecular flexibility index (Phi) is 8.69. The van der Waals surface area contributed by atoms with Crippen LogP contribution in [0.25, 0.3) is 0 Å². The van der Waals surface area contributed by atoms with Crippen LogP contribution in [0.15, 0.2) is 29.8 Å². The van der Waals surface area contributed by atoms with Gasteiger partial charge in [0.15, 0.2) is 5.79 Å². The number of carbonyl (C=O) groups excluding carboxylic acids is 1. The Morgan fingerprint density at radius 3 is 2.50 bits per heavy atom. The summed E-state index contributed by atoms with van der Waals surface area (Å²) in [5.74, 6) is -2.76. The monoisotopic (exact) mass is 501 g/mol. The Hall–Kier alpha value is -2.05. The molecular weight excluding hydrogens is 469 g/mol. The molecule has 1 fully saturated rings. The molecule has 0 bridgehead atoms. The summed E-state index contributed by atoms with van der Waals surface area (Å²) in [6.45, 7) is 2.79. The molecule has 190 valence electrons. The van der Waals surface area contributed by atoms with Crippen molar-refractivity contribution in [2.45, 2.75) is 69.2 Å². The summed E-state index contributed by atoms with van der Waals surface area (Å²) < 4.78 is 59.8. The Labute approximate surface area is 199 Å². The van der Waals surface area contributed by atoms with Crippen LogP contribution < -0.4 is 4.72 Å². The highest BCUT2D eigenvalue weighted by Crippen LogP contribution is 2.41. The van der Waals surface area contributed by atoms with E-state index >= 15 is 0 Å². The Balaban J connectivity index is 1.94. The van der Waals surface area contributed by atoms with Crippen molar-refractivity contribution in [2.75, 3.05) is 24.5 Å². The summed E-state index contributed by atoms with van der Waals surface area (Å²) >= 11 is 0. The number of sulfonamides is 1. The van der Waals surface area contributed by atoms with Gasteiger partial charge in [-0.25, -0.2) is 17.6 Å². The minimum Gasteiger partial charge on any atom is -0.463 e. The minimum atomic E-state index is -4.15. The lowest BCUT2D eigenvalue weighted by Crippen LogP contribution is -2.43. The summed E-state index contributed by atoms with van der Waals surface area (Å²) in [5.41, 5.74) is 0.624. The number of anilines is 1. The van der Waals surface area contributed by atoms with Crippen molar-refractivity contribution in [1.82, 2.24) is 0 Å². The number of halogens is 1. The van der Waals surface area contributed by atoms with Crippen molar-refractivity contribution < 1.29 is 42.0 Å². The highest BCUT2D eigenvalue weighted by atomic mass is 32.2. The zero-order chi connectivity index (χ0) is 24.9. The van der Waals surface area contributed by atoms with Crippen LogP contribution in [0.1, 0.15) is 45.1 Å².